The van der Waals surface area contributed by atoms with E-state index in [1.165, 1.54) is 12.0 Å². The fraction of sp³-hybridized carbons (Fsp3) is 0.394. The van der Waals surface area contributed by atoms with Crippen LogP contribution in [0.25, 0.3) is 32.9 Å². The number of aryl methyl sites for hydroxylation is 1. The number of pyridine rings is 1. The van der Waals surface area contributed by atoms with Crippen LogP contribution in [0.2, 0.25) is 0 Å². The lowest BCUT2D eigenvalue weighted by Gasteiger charge is -2.45. The van der Waals surface area contributed by atoms with Crippen molar-refractivity contribution >= 4 is 63.1 Å². The molecular formula is C66H75N13O9. The van der Waals surface area contributed by atoms with Crippen LogP contribution in [0.3, 0.4) is 0 Å². The van der Waals surface area contributed by atoms with Crippen molar-refractivity contribution < 1.29 is 38.6 Å². The van der Waals surface area contributed by atoms with E-state index in [9.17, 15) is 33.9 Å². The normalized spacial score (nSPS) is 17.5. The van der Waals surface area contributed by atoms with Crippen molar-refractivity contribution in [2.75, 3.05) is 82.5 Å². The van der Waals surface area contributed by atoms with Crippen molar-refractivity contribution in [1.82, 2.24) is 50.6 Å². The number of carbonyl (C=O) groups is 5. The Morgan fingerprint density at radius 2 is 1.62 bits per heavy atom. The Balaban J connectivity index is 0.717. The summed E-state index contributed by atoms with van der Waals surface area (Å²) in [6.07, 6.45) is 9.24. The number of hydrogen-bond acceptors (Lipinski definition) is 15. The molecule has 8 N–H and O–H groups in total. The first-order valence-corrected chi connectivity index (χ1v) is 30.1. The molecule has 0 spiro atoms. The number of piperidine rings is 2. The van der Waals surface area contributed by atoms with Crippen LogP contribution in [0.1, 0.15) is 74.3 Å². The fourth-order valence-electron chi connectivity index (χ4n) is 12.2. The number of hydrogen-bond donors (Lipinski definition) is 7. The summed E-state index contributed by atoms with van der Waals surface area (Å²) in [5, 5.41) is 24.6. The van der Waals surface area contributed by atoms with Gasteiger partial charge in [-0.2, -0.15) is 0 Å². The number of amides is 6. The minimum absolute atomic E-state index is 0.0178. The molecular weight excluding hydrogens is 1120 g/mol. The molecule has 1 saturated carbocycles. The van der Waals surface area contributed by atoms with Gasteiger partial charge < -0.3 is 60.9 Å². The lowest BCUT2D eigenvalue weighted by atomic mass is 9.87. The first-order chi connectivity index (χ1) is 42.7. The van der Waals surface area contributed by atoms with E-state index in [1.54, 1.807) is 54.2 Å². The van der Waals surface area contributed by atoms with Crippen molar-refractivity contribution in [2.45, 2.75) is 87.6 Å². The number of aliphatic hydroxyl groups is 1. The minimum atomic E-state index is -1.26. The highest BCUT2D eigenvalue weighted by Crippen LogP contribution is 2.44. The average Bonchev–Trinajstić information content (AvgIpc) is 1.13. The lowest BCUT2D eigenvalue weighted by Crippen LogP contribution is -2.58. The molecule has 11 rings (SSSR count). The number of nitrogens with two attached hydrogens (primary N) is 1. The van der Waals surface area contributed by atoms with E-state index < -0.39 is 54.5 Å². The van der Waals surface area contributed by atoms with E-state index in [1.807, 2.05) is 66.9 Å². The van der Waals surface area contributed by atoms with Gasteiger partial charge in [0.05, 0.1) is 56.4 Å². The van der Waals surface area contributed by atoms with Crippen LogP contribution in [0, 0.1) is 11.8 Å². The molecule has 22 nitrogen and oxygen atoms in total. The standard InChI is InChI=1S/C66H75N13O9/c1-65(71-28-10-13-44-16-21-55(87-3)54(36-44)78-32-25-58(83)79(64(78)86)42-70-61(84)53(35-43-11-6-4-7-12-43)72-57(82)39-69-56(81)38-67)26-33-76(34-27-65)47-23-30-77(31-24-47)63-73-52-20-17-45(51-40-75(2)62(85)59-49(51)22-29-68-59)37-50(52)60(74-63)66(41-80,88-48-18-19-48)46-14-8-5-9-15-46/h4-9,11-12,14-17,20-22,29,36-37,40,47-48,53,68,71,80H,18-19,23-28,30-35,38-39,41-42,67H2,1-3H3,(H,69,81)(H,70,84)(H,72,82)/t53-,66-/m0/s1. The van der Waals surface area contributed by atoms with Crippen LogP contribution >= 0.6 is 0 Å². The minimum Gasteiger partial charge on any atom is -0.495 e. The number of aromatic amines is 1. The quantitative estimate of drug-likeness (QED) is 0.0492. The summed E-state index contributed by atoms with van der Waals surface area (Å²) in [4.78, 5) is 99.5. The second kappa shape index (κ2) is 26.6. The van der Waals surface area contributed by atoms with Gasteiger partial charge in [0.1, 0.15) is 24.0 Å². The molecule has 6 amide bonds. The lowest BCUT2D eigenvalue weighted by molar-refractivity contribution is -0.132. The number of benzene rings is 4. The summed E-state index contributed by atoms with van der Waals surface area (Å²) < 4.78 is 14.2. The molecule has 458 valence electrons. The molecule has 4 aromatic carbocycles. The molecule has 3 saturated heterocycles. The monoisotopic (exact) mass is 1190 g/mol. The molecule has 0 unspecified atom stereocenters. The van der Waals surface area contributed by atoms with Crippen molar-refractivity contribution in [2.24, 2.45) is 12.8 Å². The van der Waals surface area contributed by atoms with Crippen LogP contribution in [0.15, 0.2) is 120 Å². The van der Waals surface area contributed by atoms with Gasteiger partial charge in [0.25, 0.3) is 5.56 Å². The molecule has 88 heavy (non-hydrogen) atoms. The number of rotatable bonds is 21. The van der Waals surface area contributed by atoms with E-state index in [4.69, 9.17) is 25.2 Å². The predicted molar refractivity (Wildman–Crippen MR) is 334 cm³/mol. The molecule has 2 atom stereocenters. The number of nitrogens with zero attached hydrogens (tertiary/aromatic N) is 7. The number of aromatic nitrogens is 4. The van der Waals surface area contributed by atoms with Crippen LogP contribution in [-0.4, -0.2) is 161 Å². The summed E-state index contributed by atoms with van der Waals surface area (Å²) >= 11 is 0. The number of fused-ring (bicyclic) bond motifs is 2. The molecule has 3 aromatic heterocycles. The van der Waals surface area contributed by atoms with Gasteiger partial charge in [-0.1, -0.05) is 78.6 Å². The van der Waals surface area contributed by atoms with Gasteiger partial charge in [0.2, 0.25) is 29.6 Å². The molecule has 0 bridgehead atoms. The first kappa shape index (κ1) is 60.7. The zero-order valence-electron chi connectivity index (χ0n) is 49.9. The smallest absolute Gasteiger partial charge is 0.332 e. The van der Waals surface area contributed by atoms with Crippen LogP contribution in [0.4, 0.5) is 16.4 Å². The molecule has 0 radical (unpaired) electrons. The van der Waals surface area contributed by atoms with Crippen LogP contribution in [0.5, 0.6) is 5.75 Å². The third-order valence-corrected chi connectivity index (χ3v) is 17.4. The second-order valence-corrected chi connectivity index (χ2v) is 23.4. The number of likely N-dealkylation sites (tertiary alicyclic amines) is 1. The number of nitrogens with one attached hydrogen (secondary N) is 5. The van der Waals surface area contributed by atoms with Gasteiger partial charge in [-0.05, 0) is 98.5 Å². The highest BCUT2D eigenvalue weighted by atomic mass is 16.5. The number of methoxy groups -OCH3 is 1. The van der Waals surface area contributed by atoms with Gasteiger partial charge in [0.15, 0.2) is 5.60 Å². The molecule has 4 fully saturated rings. The SMILES string of the molecule is COc1ccc(C#CCNC2(C)CCN(C3CCN(c4nc([C@@](CO)(OC5CC5)c5ccccc5)c5cc(-c6cn(C)c(=O)c7[nH]ccc67)ccc5n4)CC3)CC2)cc1N1CCC(=O)N(CNC(=O)[C@H](Cc2ccccc2)NC(=O)CNC(=O)CN)C1=O. The molecule has 3 aliphatic heterocycles. The third kappa shape index (κ3) is 13.3. The highest BCUT2D eigenvalue weighted by Gasteiger charge is 2.44. The highest BCUT2D eigenvalue weighted by molar-refractivity contribution is 6.07. The first-order valence-electron chi connectivity index (χ1n) is 30.1. The number of anilines is 2. The summed E-state index contributed by atoms with van der Waals surface area (Å²) in [7, 11) is 3.25. The van der Waals surface area contributed by atoms with Crippen molar-refractivity contribution in [3.63, 3.8) is 0 Å². The Morgan fingerprint density at radius 1 is 0.875 bits per heavy atom. The second-order valence-electron chi connectivity index (χ2n) is 23.4. The zero-order valence-corrected chi connectivity index (χ0v) is 49.9. The van der Waals surface area contributed by atoms with E-state index in [0.717, 1.165) is 108 Å². The number of ether oxygens (including phenoxy) is 2. The van der Waals surface area contributed by atoms with Gasteiger partial charge in [-0.25, -0.2) is 19.7 Å². The van der Waals surface area contributed by atoms with Crippen molar-refractivity contribution in [3.05, 3.63) is 148 Å². The number of aliphatic hydroxyl groups excluding tert-OH is 1. The molecule has 22 heteroatoms. The van der Waals surface area contributed by atoms with Crippen molar-refractivity contribution in [1.29, 1.82) is 0 Å². The van der Waals surface area contributed by atoms with Crippen LogP contribution < -0.4 is 47.1 Å². The van der Waals surface area contributed by atoms with Gasteiger partial charge in [-0.3, -0.25) is 28.9 Å². The average molecular weight is 1190 g/mol. The summed E-state index contributed by atoms with van der Waals surface area (Å²) in [6, 6.07) is 30.9. The maximum Gasteiger partial charge on any atom is 0.332 e. The Bertz CT molecular complexity index is 3850. The topological polar surface area (TPSA) is 275 Å². The van der Waals surface area contributed by atoms with Crippen LogP contribution in [-0.2, 0) is 43.0 Å². The Kier molecular flexibility index (Phi) is 18.3. The largest absolute Gasteiger partial charge is 0.495 e. The van der Waals surface area contributed by atoms with Crippen molar-refractivity contribution in [3.8, 4) is 28.7 Å². The Hall–Kier alpha value is -8.98. The maximum absolute atomic E-state index is 14.1. The van der Waals surface area contributed by atoms with E-state index in [-0.39, 0.29) is 49.7 Å². The van der Waals surface area contributed by atoms with Gasteiger partial charge >= 0.3 is 6.03 Å². The summed E-state index contributed by atoms with van der Waals surface area (Å²) in [6.45, 7) is 4.65. The number of H-pyrrole nitrogens is 1. The number of imide groups is 1. The van der Waals surface area contributed by atoms with E-state index >= 15 is 0 Å². The predicted octanol–water partition coefficient (Wildman–Crippen LogP) is 4.40. The fourth-order valence-corrected chi connectivity index (χ4v) is 12.2. The zero-order chi connectivity index (χ0) is 61.5. The summed E-state index contributed by atoms with van der Waals surface area (Å²) in [5.74, 6) is 5.27. The number of urea groups is 1. The third-order valence-electron chi connectivity index (χ3n) is 17.4. The Labute approximate surface area is 510 Å². The van der Waals surface area contributed by atoms with E-state index in [0.29, 0.717) is 46.7 Å². The molecule has 7 aromatic rings. The molecule has 6 heterocycles. The number of carbonyl (C=O) groups excluding carboxylic acids is 5. The van der Waals surface area contributed by atoms with E-state index in [2.05, 4.69) is 60.9 Å². The van der Waals surface area contributed by atoms with Gasteiger partial charge in [0, 0.05) is 98.5 Å². The molecule has 4 aliphatic rings. The Morgan fingerprint density at radius 3 is 2.34 bits per heavy atom. The maximum atomic E-state index is 14.1. The summed E-state index contributed by atoms with van der Waals surface area (Å²) in [5.41, 5.74) is 10.1. The molecule has 1 aliphatic carbocycles. The van der Waals surface area contributed by atoms with Gasteiger partial charge in [-0.15, -0.1) is 0 Å².